The molecule has 2 rings (SSSR count). The Balaban J connectivity index is 1.81. The summed E-state index contributed by atoms with van der Waals surface area (Å²) in [5.41, 5.74) is 1.68. The number of piperazine rings is 1. The largest absolute Gasteiger partial charge is 0.388 e. The molecule has 0 spiro atoms. The van der Waals surface area contributed by atoms with Crippen molar-refractivity contribution in [1.29, 1.82) is 0 Å². The molecule has 1 atom stereocenters. The Morgan fingerprint density at radius 2 is 2.00 bits per heavy atom. The molecule has 0 aliphatic carbocycles. The van der Waals surface area contributed by atoms with Crippen molar-refractivity contribution in [2.24, 2.45) is 0 Å². The van der Waals surface area contributed by atoms with Crippen molar-refractivity contribution in [2.75, 3.05) is 38.0 Å². The molecule has 116 valence electrons. The first-order chi connectivity index (χ1) is 10.2. The minimum atomic E-state index is -0.448. The van der Waals surface area contributed by atoms with Crippen molar-refractivity contribution in [3.05, 3.63) is 29.8 Å². The number of hydrogen-bond acceptors (Lipinski definition) is 4. The van der Waals surface area contributed by atoms with Crippen LogP contribution >= 0.6 is 0 Å². The van der Waals surface area contributed by atoms with Gasteiger partial charge in [0, 0.05) is 44.8 Å². The van der Waals surface area contributed by atoms with E-state index in [0.29, 0.717) is 6.42 Å². The fraction of sp³-hybridized carbons (Fsp3) is 0.562. The van der Waals surface area contributed by atoms with E-state index < -0.39 is 6.10 Å². The summed E-state index contributed by atoms with van der Waals surface area (Å²) in [7, 11) is 0. The van der Waals surface area contributed by atoms with Gasteiger partial charge in [0.05, 0.1) is 6.10 Å². The predicted molar refractivity (Wildman–Crippen MR) is 84.2 cm³/mol. The zero-order valence-electron chi connectivity index (χ0n) is 12.6. The lowest BCUT2D eigenvalue weighted by molar-refractivity contribution is -0.115. The van der Waals surface area contributed by atoms with E-state index in [1.807, 2.05) is 31.2 Å². The topological polar surface area (TPSA) is 64.6 Å². The van der Waals surface area contributed by atoms with Crippen LogP contribution in [0.2, 0.25) is 0 Å². The molecule has 21 heavy (non-hydrogen) atoms. The van der Waals surface area contributed by atoms with Crippen LogP contribution in [0.5, 0.6) is 0 Å². The number of aliphatic hydroxyl groups is 1. The van der Waals surface area contributed by atoms with Crippen LogP contribution in [0.4, 0.5) is 5.69 Å². The molecule has 5 nitrogen and oxygen atoms in total. The Kier molecular flexibility index (Phi) is 6.17. The normalized spacial score (nSPS) is 17.4. The molecule has 1 amide bonds. The number of nitrogens with one attached hydrogen (secondary N) is 2. The van der Waals surface area contributed by atoms with E-state index in [2.05, 4.69) is 15.5 Å². The first-order valence-electron chi connectivity index (χ1n) is 7.70. The number of amides is 1. The number of carbonyl (C=O) groups excluding carboxylic acids is 1. The van der Waals surface area contributed by atoms with E-state index in [-0.39, 0.29) is 5.91 Å². The summed E-state index contributed by atoms with van der Waals surface area (Å²) in [5.74, 6) is 0.00186. The summed E-state index contributed by atoms with van der Waals surface area (Å²) in [5, 5.41) is 16.4. The van der Waals surface area contributed by atoms with Gasteiger partial charge in [0.2, 0.25) is 5.91 Å². The van der Waals surface area contributed by atoms with E-state index in [1.165, 1.54) is 0 Å². The van der Waals surface area contributed by atoms with Crippen LogP contribution in [-0.2, 0) is 4.79 Å². The average Bonchev–Trinajstić information content (AvgIpc) is 2.54. The molecule has 1 aromatic carbocycles. The first-order valence-corrected chi connectivity index (χ1v) is 7.70. The first kappa shape index (κ1) is 15.9. The van der Waals surface area contributed by atoms with Crippen molar-refractivity contribution in [3.63, 3.8) is 0 Å². The molecule has 1 aliphatic heterocycles. The molecule has 3 N–H and O–H groups in total. The van der Waals surface area contributed by atoms with Crippen molar-refractivity contribution in [1.82, 2.24) is 10.2 Å². The van der Waals surface area contributed by atoms with Gasteiger partial charge in [-0.2, -0.15) is 0 Å². The number of anilines is 1. The summed E-state index contributed by atoms with van der Waals surface area (Å²) >= 11 is 0. The van der Waals surface area contributed by atoms with Gasteiger partial charge in [-0.25, -0.2) is 0 Å². The zero-order chi connectivity index (χ0) is 15.1. The van der Waals surface area contributed by atoms with Crippen LogP contribution in [0.15, 0.2) is 24.3 Å². The third-order valence-corrected chi connectivity index (χ3v) is 3.83. The molecule has 1 fully saturated rings. The molecule has 1 aromatic rings. The van der Waals surface area contributed by atoms with Gasteiger partial charge in [0.25, 0.3) is 0 Å². The van der Waals surface area contributed by atoms with Crippen LogP contribution < -0.4 is 10.6 Å². The standard InChI is InChI=1S/C16H25N3O2/c1-2-16(21)18-14-5-3-13(4-6-14)15(20)7-10-19-11-8-17-9-12-19/h3-6,15,17,20H,2,7-12H2,1H3,(H,18,21). The molecule has 1 aliphatic rings. The number of benzene rings is 1. The Labute approximate surface area is 126 Å². The summed E-state index contributed by atoms with van der Waals surface area (Å²) < 4.78 is 0. The van der Waals surface area contributed by atoms with E-state index in [9.17, 15) is 9.90 Å². The SMILES string of the molecule is CCC(=O)Nc1ccc(C(O)CCN2CCNCC2)cc1. The third kappa shape index (κ3) is 5.12. The summed E-state index contributed by atoms with van der Waals surface area (Å²) in [6.45, 7) is 6.90. The molecular weight excluding hydrogens is 266 g/mol. The maximum absolute atomic E-state index is 11.3. The highest BCUT2D eigenvalue weighted by atomic mass is 16.3. The Bertz CT molecular complexity index is 441. The second kappa shape index (κ2) is 8.12. The van der Waals surface area contributed by atoms with Gasteiger partial charge in [-0.15, -0.1) is 0 Å². The second-order valence-electron chi connectivity index (χ2n) is 5.42. The molecule has 1 unspecified atom stereocenters. The van der Waals surface area contributed by atoms with Gasteiger partial charge >= 0.3 is 0 Å². The summed E-state index contributed by atoms with van der Waals surface area (Å²) in [4.78, 5) is 13.7. The van der Waals surface area contributed by atoms with E-state index >= 15 is 0 Å². The molecule has 0 aromatic heterocycles. The molecule has 0 radical (unpaired) electrons. The van der Waals surface area contributed by atoms with Gasteiger partial charge < -0.3 is 20.6 Å². The molecule has 1 saturated heterocycles. The average molecular weight is 291 g/mol. The fourth-order valence-corrected chi connectivity index (χ4v) is 2.44. The molecule has 1 heterocycles. The van der Waals surface area contributed by atoms with E-state index in [0.717, 1.165) is 50.4 Å². The van der Waals surface area contributed by atoms with Crippen LogP contribution in [-0.4, -0.2) is 48.6 Å². The number of carbonyl (C=O) groups is 1. The molecular formula is C16H25N3O2. The summed E-state index contributed by atoms with van der Waals surface area (Å²) in [6.07, 6.45) is 0.756. The Morgan fingerprint density at radius 1 is 1.33 bits per heavy atom. The molecule has 0 saturated carbocycles. The van der Waals surface area contributed by atoms with Crippen molar-refractivity contribution in [3.8, 4) is 0 Å². The predicted octanol–water partition coefficient (Wildman–Crippen LogP) is 1.36. The highest BCUT2D eigenvalue weighted by molar-refractivity contribution is 5.90. The Morgan fingerprint density at radius 3 is 2.62 bits per heavy atom. The highest BCUT2D eigenvalue weighted by Gasteiger charge is 2.13. The van der Waals surface area contributed by atoms with Gasteiger partial charge in [-0.1, -0.05) is 19.1 Å². The Hall–Kier alpha value is -1.43. The number of nitrogens with zero attached hydrogens (tertiary/aromatic N) is 1. The van der Waals surface area contributed by atoms with Crippen LogP contribution in [0.3, 0.4) is 0 Å². The van der Waals surface area contributed by atoms with Crippen LogP contribution in [0.1, 0.15) is 31.4 Å². The minimum Gasteiger partial charge on any atom is -0.388 e. The zero-order valence-corrected chi connectivity index (χ0v) is 12.6. The monoisotopic (exact) mass is 291 g/mol. The lowest BCUT2D eigenvalue weighted by Crippen LogP contribution is -2.44. The third-order valence-electron chi connectivity index (χ3n) is 3.83. The maximum atomic E-state index is 11.3. The lowest BCUT2D eigenvalue weighted by atomic mass is 10.1. The number of aliphatic hydroxyl groups excluding tert-OH is 1. The molecule has 0 bridgehead atoms. The van der Waals surface area contributed by atoms with Gasteiger partial charge in [0.1, 0.15) is 0 Å². The quantitative estimate of drug-likeness (QED) is 0.740. The number of hydrogen-bond donors (Lipinski definition) is 3. The van der Waals surface area contributed by atoms with Crippen molar-refractivity contribution < 1.29 is 9.90 Å². The van der Waals surface area contributed by atoms with Gasteiger partial charge in [-0.3, -0.25) is 4.79 Å². The smallest absolute Gasteiger partial charge is 0.224 e. The maximum Gasteiger partial charge on any atom is 0.224 e. The van der Waals surface area contributed by atoms with Gasteiger partial charge in [0.15, 0.2) is 0 Å². The summed E-state index contributed by atoms with van der Waals surface area (Å²) in [6, 6.07) is 7.45. The van der Waals surface area contributed by atoms with Crippen LogP contribution in [0.25, 0.3) is 0 Å². The number of rotatable bonds is 6. The van der Waals surface area contributed by atoms with E-state index in [1.54, 1.807) is 0 Å². The van der Waals surface area contributed by atoms with E-state index in [4.69, 9.17) is 0 Å². The molecule has 5 heteroatoms. The van der Waals surface area contributed by atoms with Gasteiger partial charge in [-0.05, 0) is 24.1 Å². The fourth-order valence-electron chi connectivity index (χ4n) is 2.44. The minimum absolute atomic E-state index is 0.00186. The van der Waals surface area contributed by atoms with Crippen LogP contribution in [0, 0.1) is 0 Å². The highest BCUT2D eigenvalue weighted by Crippen LogP contribution is 2.19. The van der Waals surface area contributed by atoms with Crippen molar-refractivity contribution in [2.45, 2.75) is 25.9 Å². The van der Waals surface area contributed by atoms with Crippen molar-refractivity contribution >= 4 is 11.6 Å². The lowest BCUT2D eigenvalue weighted by Gasteiger charge is -2.28. The second-order valence-corrected chi connectivity index (χ2v) is 5.42.